The van der Waals surface area contributed by atoms with E-state index in [0.29, 0.717) is 16.7 Å². The Balaban J connectivity index is 2.95. The van der Waals surface area contributed by atoms with Crippen LogP contribution in [0.5, 0.6) is 0 Å². The molecule has 0 radical (unpaired) electrons. The Kier molecular flexibility index (Phi) is 6.28. The zero-order valence-corrected chi connectivity index (χ0v) is 12.0. The SMILES string of the molecule is CCOC(CC)C(NC)c1ccc(Cl)c(Cl)c1. The number of nitrogens with one attached hydrogen (secondary N) is 1. The van der Waals surface area contributed by atoms with Crippen molar-refractivity contribution in [1.29, 1.82) is 0 Å². The van der Waals surface area contributed by atoms with Gasteiger partial charge in [0.2, 0.25) is 0 Å². The van der Waals surface area contributed by atoms with Crippen molar-refractivity contribution in [2.45, 2.75) is 32.4 Å². The Morgan fingerprint density at radius 2 is 1.94 bits per heavy atom. The first-order chi connectivity index (χ1) is 8.13. The van der Waals surface area contributed by atoms with E-state index in [9.17, 15) is 0 Å². The fourth-order valence-electron chi connectivity index (χ4n) is 1.94. The summed E-state index contributed by atoms with van der Waals surface area (Å²) in [6.07, 6.45) is 1.09. The van der Waals surface area contributed by atoms with Gasteiger partial charge in [0.1, 0.15) is 0 Å². The van der Waals surface area contributed by atoms with E-state index >= 15 is 0 Å². The average Bonchev–Trinajstić information content (AvgIpc) is 2.33. The van der Waals surface area contributed by atoms with Gasteiger partial charge in [-0.2, -0.15) is 0 Å². The molecule has 0 aliphatic heterocycles. The lowest BCUT2D eigenvalue weighted by atomic mass is 10.00. The lowest BCUT2D eigenvalue weighted by Crippen LogP contribution is -2.31. The minimum Gasteiger partial charge on any atom is -0.377 e. The monoisotopic (exact) mass is 275 g/mol. The van der Waals surface area contributed by atoms with Gasteiger partial charge in [-0.1, -0.05) is 36.2 Å². The van der Waals surface area contributed by atoms with E-state index in [1.807, 2.05) is 32.2 Å². The third-order valence-corrected chi connectivity index (χ3v) is 3.51. The molecule has 1 aromatic carbocycles. The van der Waals surface area contributed by atoms with Gasteiger partial charge in [0.15, 0.2) is 0 Å². The van der Waals surface area contributed by atoms with Gasteiger partial charge in [0, 0.05) is 6.61 Å². The second-order valence-corrected chi connectivity index (χ2v) is 4.66. The van der Waals surface area contributed by atoms with Crippen molar-refractivity contribution < 1.29 is 4.74 Å². The Morgan fingerprint density at radius 1 is 1.24 bits per heavy atom. The molecule has 4 heteroatoms. The highest BCUT2D eigenvalue weighted by Gasteiger charge is 2.21. The minimum absolute atomic E-state index is 0.134. The molecule has 0 aliphatic rings. The van der Waals surface area contributed by atoms with Crippen LogP contribution >= 0.6 is 23.2 Å². The zero-order valence-electron chi connectivity index (χ0n) is 10.5. The fraction of sp³-hybridized carbons (Fsp3) is 0.538. The summed E-state index contributed by atoms with van der Waals surface area (Å²) < 4.78 is 5.73. The molecule has 2 nitrogen and oxygen atoms in total. The molecule has 2 atom stereocenters. The molecule has 0 aliphatic carbocycles. The van der Waals surface area contributed by atoms with E-state index in [1.54, 1.807) is 0 Å². The largest absolute Gasteiger partial charge is 0.377 e. The Hall–Kier alpha value is -0.280. The molecule has 96 valence electrons. The van der Waals surface area contributed by atoms with Gasteiger partial charge in [-0.25, -0.2) is 0 Å². The topological polar surface area (TPSA) is 21.3 Å². The van der Waals surface area contributed by atoms with Crippen molar-refractivity contribution in [3.63, 3.8) is 0 Å². The van der Waals surface area contributed by atoms with Gasteiger partial charge >= 0.3 is 0 Å². The standard InChI is InChI=1S/C13H19Cl2NO/c1-4-12(17-5-2)13(16-3)9-6-7-10(14)11(15)8-9/h6-8,12-13,16H,4-5H2,1-3H3. The highest BCUT2D eigenvalue weighted by molar-refractivity contribution is 6.42. The van der Waals surface area contributed by atoms with Gasteiger partial charge in [-0.05, 0) is 38.1 Å². The van der Waals surface area contributed by atoms with Crippen LogP contribution in [0.4, 0.5) is 0 Å². The maximum absolute atomic E-state index is 6.04. The molecule has 1 rings (SSSR count). The number of ether oxygens (including phenoxy) is 1. The maximum Gasteiger partial charge on any atom is 0.0766 e. The second kappa shape index (κ2) is 7.22. The second-order valence-electron chi connectivity index (χ2n) is 3.84. The van der Waals surface area contributed by atoms with Crippen LogP contribution in [0.2, 0.25) is 10.0 Å². The first-order valence-corrected chi connectivity index (χ1v) is 6.63. The van der Waals surface area contributed by atoms with E-state index in [-0.39, 0.29) is 12.1 Å². The fourth-order valence-corrected chi connectivity index (χ4v) is 2.24. The molecule has 0 aromatic heterocycles. The normalized spacial score (nSPS) is 14.6. The Morgan fingerprint density at radius 3 is 2.41 bits per heavy atom. The van der Waals surface area contributed by atoms with Crippen LogP contribution in [0.1, 0.15) is 31.9 Å². The van der Waals surface area contributed by atoms with Crippen LogP contribution < -0.4 is 5.32 Å². The van der Waals surface area contributed by atoms with E-state index in [2.05, 4.69) is 12.2 Å². The van der Waals surface area contributed by atoms with Gasteiger partial charge in [-0.3, -0.25) is 0 Å². The summed E-state index contributed by atoms with van der Waals surface area (Å²) in [6.45, 7) is 4.82. The molecule has 0 heterocycles. The molecule has 0 saturated carbocycles. The zero-order chi connectivity index (χ0) is 12.8. The summed E-state index contributed by atoms with van der Waals surface area (Å²) in [5, 5.41) is 4.43. The van der Waals surface area contributed by atoms with Crippen LogP contribution in [0.25, 0.3) is 0 Å². The van der Waals surface area contributed by atoms with Crippen LogP contribution in [0.15, 0.2) is 18.2 Å². The van der Waals surface area contributed by atoms with E-state index < -0.39 is 0 Å². The summed E-state index contributed by atoms with van der Waals surface area (Å²) in [6, 6.07) is 5.83. The van der Waals surface area contributed by atoms with Crippen LogP contribution in [0, 0.1) is 0 Å². The van der Waals surface area contributed by atoms with Crippen molar-refractivity contribution in [2.24, 2.45) is 0 Å². The van der Waals surface area contributed by atoms with Gasteiger partial charge in [-0.15, -0.1) is 0 Å². The van der Waals surface area contributed by atoms with E-state index in [0.717, 1.165) is 12.0 Å². The number of hydrogen-bond donors (Lipinski definition) is 1. The smallest absolute Gasteiger partial charge is 0.0766 e. The molecule has 1 N–H and O–H groups in total. The molecule has 0 bridgehead atoms. The van der Waals surface area contributed by atoms with Crippen LogP contribution in [-0.4, -0.2) is 19.8 Å². The van der Waals surface area contributed by atoms with Crippen LogP contribution in [0.3, 0.4) is 0 Å². The molecule has 2 unspecified atom stereocenters. The molecule has 0 fully saturated rings. The molecule has 0 amide bonds. The Labute approximate surface area is 113 Å². The van der Waals surface area contributed by atoms with Crippen molar-refractivity contribution in [3.8, 4) is 0 Å². The molecular formula is C13H19Cl2NO. The van der Waals surface area contributed by atoms with E-state index in [1.165, 1.54) is 0 Å². The molecule has 0 spiro atoms. The quantitative estimate of drug-likeness (QED) is 0.845. The van der Waals surface area contributed by atoms with E-state index in [4.69, 9.17) is 27.9 Å². The number of likely N-dealkylation sites (N-methyl/N-ethyl adjacent to an activating group) is 1. The number of benzene rings is 1. The third-order valence-electron chi connectivity index (χ3n) is 2.77. The first kappa shape index (κ1) is 14.8. The number of rotatable bonds is 6. The summed E-state index contributed by atoms with van der Waals surface area (Å²) in [5.74, 6) is 0. The maximum atomic E-state index is 6.04. The lowest BCUT2D eigenvalue weighted by Gasteiger charge is -2.26. The molecular weight excluding hydrogens is 257 g/mol. The van der Waals surface area contributed by atoms with Crippen molar-refractivity contribution in [2.75, 3.05) is 13.7 Å². The van der Waals surface area contributed by atoms with Gasteiger partial charge < -0.3 is 10.1 Å². The molecule has 17 heavy (non-hydrogen) atoms. The average molecular weight is 276 g/mol. The summed E-state index contributed by atoms with van der Waals surface area (Å²) in [4.78, 5) is 0. The highest BCUT2D eigenvalue weighted by Crippen LogP contribution is 2.28. The number of halogens is 2. The van der Waals surface area contributed by atoms with Crippen molar-refractivity contribution >= 4 is 23.2 Å². The highest BCUT2D eigenvalue weighted by atomic mass is 35.5. The summed E-state index contributed by atoms with van der Waals surface area (Å²) >= 11 is 12.0. The Bertz CT molecular complexity index is 357. The molecule has 0 saturated heterocycles. The molecule has 1 aromatic rings. The van der Waals surface area contributed by atoms with Crippen LogP contribution in [-0.2, 0) is 4.74 Å². The van der Waals surface area contributed by atoms with Gasteiger partial charge in [0.05, 0.1) is 22.2 Å². The van der Waals surface area contributed by atoms with Crippen molar-refractivity contribution in [1.82, 2.24) is 5.32 Å². The lowest BCUT2D eigenvalue weighted by molar-refractivity contribution is 0.0334. The predicted molar refractivity (Wildman–Crippen MR) is 74.0 cm³/mol. The minimum atomic E-state index is 0.134. The number of hydrogen-bond acceptors (Lipinski definition) is 2. The summed E-state index contributed by atoms with van der Waals surface area (Å²) in [5.41, 5.74) is 1.10. The van der Waals surface area contributed by atoms with Crippen molar-refractivity contribution in [3.05, 3.63) is 33.8 Å². The first-order valence-electron chi connectivity index (χ1n) is 5.87. The third kappa shape index (κ3) is 3.85. The van der Waals surface area contributed by atoms with Gasteiger partial charge in [0.25, 0.3) is 0 Å². The summed E-state index contributed by atoms with van der Waals surface area (Å²) in [7, 11) is 1.93. The predicted octanol–water partition coefficient (Wildman–Crippen LogP) is 4.07.